The third kappa shape index (κ3) is 2.24. The number of thiazole rings is 1. The molecular weight excluding hydrogens is 290 g/mol. The second kappa shape index (κ2) is 5.07. The lowest BCUT2D eigenvalue weighted by atomic mass is 9.62. The summed E-state index contributed by atoms with van der Waals surface area (Å²) in [5, 5.41) is 3.65. The zero-order chi connectivity index (χ0) is 14.3. The predicted octanol–water partition coefficient (Wildman–Crippen LogP) is 2.66. The van der Waals surface area contributed by atoms with E-state index in [1.54, 1.807) is 11.3 Å². The van der Waals surface area contributed by atoms with Crippen LogP contribution in [0.3, 0.4) is 0 Å². The number of aryl methyl sites for hydroxylation is 2. The summed E-state index contributed by atoms with van der Waals surface area (Å²) >= 11 is 6.71. The number of amides is 1. The van der Waals surface area contributed by atoms with E-state index in [1.165, 1.54) is 17.7 Å². The summed E-state index contributed by atoms with van der Waals surface area (Å²) in [5.41, 5.74) is 6.30. The van der Waals surface area contributed by atoms with Crippen LogP contribution in [0.2, 0.25) is 0 Å². The first-order valence-corrected chi connectivity index (χ1v) is 8.34. The van der Waals surface area contributed by atoms with E-state index in [4.69, 9.17) is 18.0 Å². The minimum atomic E-state index is -0.652. The third-order valence-electron chi connectivity index (χ3n) is 4.37. The second-order valence-corrected chi connectivity index (χ2v) is 7.53. The first-order chi connectivity index (χ1) is 9.51. The molecule has 1 heterocycles. The molecule has 0 saturated heterocycles. The van der Waals surface area contributed by atoms with Gasteiger partial charge < -0.3 is 11.1 Å². The fraction of sp³-hybridized carbons (Fsp3) is 0.643. The predicted molar refractivity (Wildman–Crippen MR) is 85.0 cm³/mol. The van der Waals surface area contributed by atoms with Gasteiger partial charge in [-0.05, 0) is 44.4 Å². The molecule has 1 fully saturated rings. The number of nitrogens with one attached hydrogen (secondary N) is 1. The minimum absolute atomic E-state index is 0.0748. The number of aromatic nitrogens is 1. The Bertz CT molecular complexity index is 537. The molecule has 1 amide bonds. The van der Waals surface area contributed by atoms with Crippen molar-refractivity contribution >= 4 is 39.6 Å². The van der Waals surface area contributed by atoms with E-state index >= 15 is 0 Å². The molecule has 3 N–H and O–H groups in total. The number of carbonyl (C=O) groups excluding carboxylic acids is 1. The largest absolute Gasteiger partial charge is 0.392 e. The Hall–Kier alpha value is -1.01. The SMILES string of the molecule is CC1CC(C(=O)Nc2nc3c(s2)CCCC3)(C(N)=S)C1. The van der Waals surface area contributed by atoms with E-state index < -0.39 is 5.41 Å². The van der Waals surface area contributed by atoms with Crippen molar-refractivity contribution < 1.29 is 4.79 Å². The standard InChI is InChI=1S/C14H19N3OS2/c1-8-6-14(7-8,11(15)19)12(18)17-13-16-9-4-2-3-5-10(9)20-13/h8H,2-7H2,1H3,(H2,15,19)(H,16,17,18). The van der Waals surface area contributed by atoms with E-state index in [-0.39, 0.29) is 5.91 Å². The first-order valence-electron chi connectivity index (χ1n) is 7.11. The highest BCUT2D eigenvalue weighted by atomic mass is 32.1. The van der Waals surface area contributed by atoms with Crippen LogP contribution >= 0.6 is 23.6 Å². The zero-order valence-electron chi connectivity index (χ0n) is 11.6. The molecule has 1 aromatic rings. The van der Waals surface area contributed by atoms with Gasteiger partial charge in [-0.3, -0.25) is 4.79 Å². The van der Waals surface area contributed by atoms with Crippen LogP contribution in [0.5, 0.6) is 0 Å². The molecule has 108 valence electrons. The van der Waals surface area contributed by atoms with E-state index in [1.807, 2.05) is 0 Å². The Morgan fingerprint density at radius 1 is 1.45 bits per heavy atom. The van der Waals surface area contributed by atoms with Gasteiger partial charge in [-0.2, -0.15) is 0 Å². The van der Waals surface area contributed by atoms with Crippen LogP contribution in [0.4, 0.5) is 5.13 Å². The van der Waals surface area contributed by atoms with E-state index in [0.29, 0.717) is 16.0 Å². The third-order valence-corrected chi connectivity index (χ3v) is 5.83. The summed E-state index contributed by atoms with van der Waals surface area (Å²) < 4.78 is 0. The van der Waals surface area contributed by atoms with Gasteiger partial charge in [0.1, 0.15) is 0 Å². The number of fused-ring (bicyclic) bond motifs is 1. The van der Waals surface area contributed by atoms with Crippen LogP contribution in [-0.4, -0.2) is 15.9 Å². The van der Waals surface area contributed by atoms with Gasteiger partial charge in [-0.25, -0.2) is 4.98 Å². The van der Waals surface area contributed by atoms with Crippen LogP contribution in [0.25, 0.3) is 0 Å². The average Bonchev–Trinajstić information content (AvgIpc) is 2.76. The quantitative estimate of drug-likeness (QED) is 0.842. The Balaban J connectivity index is 1.75. The number of carbonyl (C=O) groups is 1. The van der Waals surface area contributed by atoms with Gasteiger partial charge in [0, 0.05) is 4.88 Å². The molecule has 0 bridgehead atoms. The van der Waals surface area contributed by atoms with E-state index in [2.05, 4.69) is 17.2 Å². The summed E-state index contributed by atoms with van der Waals surface area (Å²) in [7, 11) is 0. The normalized spacial score (nSPS) is 28.4. The van der Waals surface area contributed by atoms with Crippen molar-refractivity contribution in [3.63, 3.8) is 0 Å². The number of rotatable bonds is 3. The van der Waals surface area contributed by atoms with Crippen LogP contribution in [0, 0.1) is 11.3 Å². The molecule has 0 atom stereocenters. The minimum Gasteiger partial charge on any atom is -0.392 e. The number of thiocarbonyl (C=S) groups is 1. The number of nitrogens with zero attached hydrogens (tertiary/aromatic N) is 1. The van der Waals surface area contributed by atoms with Crippen molar-refractivity contribution in [1.82, 2.24) is 4.98 Å². The maximum absolute atomic E-state index is 12.5. The monoisotopic (exact) mass is 309 g/mol. The fourth-order valence-corrected chi connectivity index (χ4v) is 4.55. The summed E-state index contributed by atoms with van der Waals surface area (Å²) in [6, 6.07) is 0. The van der Waals surface area contributed by atoms with E-state index in [9.17, 15) is 4.79 Å². The van der Waals surface area contributed by atoms with Crippen molar-refractivity contribution in [2.45, 2.75) is 45.4 Å². The molecule has 0 unspecified atom stereocenters. The highest BCUT2D eigenvalue weighted by Crippen LogP contribution is 2.46. The molecule has 3 rings (SSSR count). The fourth-order valence-electron chi connectivity index (χ4n) is 3.25. The van der Waals surface area contributed by atoms with Crippen molar-refractivity contribution in [1.29, 1.82) is 0 Å². The highest BCUT2D eigenvalue weighted by molar-refractivity contribution is 7.80. The maximum Gasteiger partial charge on any atom is 0.239 e. The molecule has 6 heteroatoms. The van der Waals surface area contributed by atoms with Crippen LogP contribution in [-0.2, 0) is 17.6 Å². The van der Waals surface area contributed by atoms with Gasteiger partial charge in [-0.15, -0.1) is 11.3 Å². The van der Waals surface area contributed by atoms with E-state index in [0.717, 1.165) is 31.4 Å². The summed E-state index contributed by atoms with van der Waals surface area (Å²) in [6.07, 6.45) is 6.02. The highest BCUT2D eigenvalue weighted by Gasteiger charge is 2.51. The topological polar surface area (TPSA) is 68.0 Å². The molecule has 0 aromatic carbocycles. The number of hydrogen-bond acceptors (Lipinski definition) is 4. The van der Waals surface area contributed by atoms with Crippen LogP contribution in [0.15, 0.2) is 0 Å². The van der Waals surface area contributed by atoms with Crippen molar-refractivity contribution in [2.75, 3.05) is 5.32 Å². The smallest absolute Gasteiger partial charge is 0.239 e. The lowest BCUT2D eigenvalue weighted by Crippen LogP contribution is -2.53. The molecule has 0 aliphatic heterocycles. The average molecular weight is 309 g/mol. The van der Waals surface area contributed by atoms with Crippen molar-refractivity contribution in [3.05, 3.63) is 10.6 Å². The molecule has 0 spiro atoms. The van der Waals surface area contributed by atoms with Crippen LogP contribution in [0.1, 0.15) is 43.2 Å². The molecule has 2 aliphatic rings. The van der Waals surface area contributed by atoms with Gasteiger partial charge in [0.25, 0.3) is 0 Å². The van der Waals surface area contributed by atoms with Gasteiger partial charge in [0.15, 0.2) is 5.13 Å². The summed E-state index contributed by atoms with van der Waals surface area (Å²) in [5.74, 6) is 0.431. The van der Waals surface area contributed by atoms with Gasteiger partial charge in [0.2, 0.25) is 5.91 Å². The molecule has 20 heavy (non-hydrogen) atoms. The lowest BCUT2D eigenvalue weighted by Gasteiger charge is -2.43. The van der Waals surface area contributed by atoms with Crippen molar-refractivity contribution in [3.8, 4) is 0 Å². The Morgan fingerprint density at radius 3 is 2.75 bits per heavy atom. The Kier molecular flexibility index (Phi) is 3.54. The van der Waals surface area contributed by atoms with Gasteiger partial charge in [-0.1, -0.05) is 19.1 Å². The second-order valence-electron chi connectivity index (χ2n) is 6.01. The molecule has 1 saturated carbocycles. The summed E-state index contributed by atoms with van der Waals surface area (Å²) in [4.78, 5) is 18.7. The first kappa shape index (κ1) is 13.9. The molecule has 4 nitrogen and oxygen atoms in total. The number of nitrogens with two attached hydrogens (primary N) is 1. The summed E-state index contributed by atoms with van der Waals surface area (Å²) in [6.45, 7) is 2.12. The number of hydrogen-bond donors (Lipinski definition) is 2. The van der Waals surface area contributed by atoms with Gasteiger partial charge >= 0.3 is 0 Å². The van der Waals surface area contributed by atoms with Crippen LogP contribution < -0.4 is 11.1 Å². The van der Waals surface area contributed by atoms with Gasteiger partial charge in [0.05, 0.1) is 16.1 Å². The molecule has 1 aromatic heterocycles. The number of anilines is 1. The molecular formula is C14H19N3OS2. The molecule has 0 radical (unpaired) electrons. The maximum atomic E-state index is 12.5. The van der Waals surface area contributed by atoms with Crippen molar-refractivity contribution in [2.24, 2.45) is 17.1 Å². The zero-order valence-corrected chi connectivity index (χ0v) is 13.2. The lowest BCUT2D eigenvalue weighted by molar-refractivity contribution is -0.127. The Labute approximate surface area is 128 Å². The Morgan fingerprint density at radius 2 is 2.15 bits per heavy atom. The molecule has 2 aliphatic carbocycles.